The van der Waals surface area contributed by atoms with Crippen molar-refractivity contribution < 1.29 is 41.9 Å². The molecule has 0 bridgehead atoms. The Morgan fingerprint density at radius 1 is 1.20 bits per heavy atom. The zero-order valence-electron chi connectivity index (χ0n) is 25.6. The van der Waals surface area contributed by atoms with Crippen LogP contribution in [0.15, 0.2) is 51.0 Å². The maximum atomic E-state index is 14.0. The Hall–Kier alpha value is -4.36. The van der Waals surface area contributed by atoms with Gasteiger partial charge in [-0.25, -0.2) is 9.59 Å². The number of guanidine groups is 1. The molecule has 1 aromatic heterocycles. The fraction of sp³-hybridized carbons (Fsp3) is 0.500. The Bertz CT molecular complexity index is 1420. The number of nitrogens with one attached hydrogen (secondary N) is 1. The lowest BCUT2D eigenvalue weighted by atomic mass is 10.1. The van der Waals surface area contributed by atoms with Gasteiger partial charge < -0.3 is 24.0 Å². The SMILES string of the molecule is CC(C)=CCCC(C)=CCOc1ccc(-c2noc([C@@H]3CCCN3C(=NC(=O)OC(C)(C)C)NC(=O)O)n2)cc1C(F)(F)F. The first-order chi connectivity index (χ1) is 20.5. The number of aromatic nitrogens is 2. The summed E-state index contributed by atoms with van der Waals surface area (Å²) in [5, 5.41) is 15.3. The molecule has 0 saturated carbocycles. The summed E-state index contributed by atoms with van der Waals surface area (Å²) >= 11 is 0. The molecule has 44 heavy (non-hydrogen) atoms. The van der Waals surface area contributed by atoms with E-state index in [1.807, 2.05) is 20.8 Å². The van der Waals surface area contributed by atoms with Crippen molar-refractivity contribution in [3.8, 4) is 17.1 Å². The van der Waals surface area contributed by atoms with Crippen molar-refractivity contribution in [3.63, 3.8) is 0 Å². The number of alkyl halides is 3. The highest BCUT2D eigenvalue weighted by Gasteiger charge is 2.37. The summed E-state index contributed by atoms with van der Waals surface area (Å²) in [6, 6.07) is 2.81. The maximum Gasteiger partial charge on any atom is 0.437 e. The smallest absolute Gasteiger partial charge is 0.437 e. The fourth-order valence-electron chi connectivity index (χ4n) is 4.38. The fourth-order valence-corrected chi connectivity index (χ4v) is 4.38. The summed E-state index contributed by atoms with van der Waals surface area (Å²) in [6.07, 6.45) is -0.720. The number of hydrogen-bond donors (Lipinski definition) is 2. The number of allylic oxidation sites excluding steroid dienone is 3. The summed E-state index contributed by atoms with van der Waals surface area (Å²) < 4.78 is 58.0. The highest BCUT2D eigenvalue weighted by Crippen LogP contribution is 2.39. The number of nitrogens with zero attached hydrogens (tertiary/aromatic N) is 4. The monoisotopic (exact) mass is 621 g/mol. The second-order valence-corrected chi connectivity index (χ2v) is 11.5. The van der Waals surface area contributed by atoms with E-state index in [1.54, 1.807) is 26.8 Å². The first kappa shape index (κ1) is 34.1. The molecule has 0 spiro atoms. The molecule has 0 unspecified atom stereocenters. The van der Waals surface area contributed by atoms with Crippen LogP contribution in [0.1, 0.15) is 84.7 Å². The molecule has 1 saturated heterocycles. The third-order valence-electron chi connectivity index (χ3n) is 6.37. The minimum atomic E-state index is -4.71. The average molecular weight is 622 g/mol. The van der Waals surface area contributed by atoms with Crippen LogP contribution < -0.4 is 10.1 Å². The van der Waals surface area contributed by atoms with Crippen molar-refractivity contribution in [2.24, 2.45) is 4.99 Å². The Morgan fingerprint density at radius 2 is 1.93 bits per heavy atom. The number of carbonyl (C=O) groups is 2. The van der Waals surface area contributed by atoms with E-state index in [1.165, 1.54) is 22.6 Å². The highest BCUT2D eigenvalue weighted by atomic mass is 19.4. The largest absolute Gasteiger partial charge is 0.489 e. The van der Waals surface area contributed by atoms with Crippen molar-refractivity contribution in [2.75, 3.05) is 13.2 Å². The Morgan fingerprint density at radius 3 is 2.57 bits per heavy atom. The van der Waals surface area contributed by atoms with Gasteiger partial charge in [0, 0.05) is 12.1 Å². The van der Waals surface area contributed by atoms with E-state index in [-0.39, 0.29) is 42.1 Å². The molecule has 2 amide bonds. The van der Waals surface area contributed by atoms with Crippen molar-refractivity contribution >= 4 is 18.1 Å². The van der Waals surface area contributed by atoms with Crippen LogP contribution in [0.3, 0.4) is 0 Å². The van der Waals surface area contributed by atoms with Gasteiger partial charge in [0.05, 0.1) is 5.56 Å². The Balaban J connectivity index is 1.82. The van der Waals surface area contributed by atoms with Crippen LogP contribution in [-0.4, -0.2) is 57.0 Å². The zero-order valence-corrected chi connectivity index (χ0v) is 25.6. The number of rotatable bonds is 8. The molecular weight excluding hydrogens is 583 g/mol. The topological polar surface area (TPSA) is 139 Å². The molecule has 240 valence electrons. The summed E-state index contributed by atoms with van der Waals surface area (Å²) in [4.78, 5) is 33.3. The second-order valence-electron chi connectivity index (χ2n) is 11.5. The molecule has 1 aliphatic heterocycles. The number of amides is 2. The van der Waals surface area contributed by atoms with E-state index in [0.717, 1.165) is 24.5 Å². The number of likely N-dealkylation sites (tertiary alicyclic amines) is 1. The van der Waals surface area contributed by atoms with Gasteiger partial charge in [-0.05, 0) is 91.5 Å². The third kappa shape index (κ3) is 10.1. The number of carbonyl (C=O) groups excluding carboxylic acids is 1. The van der Waals surface area contributed by atoms with E-state index in [0.29, 0.717) is 12.8 Å². The van der Waals surface area contributed by atoms with Gasteiger partial charge in [0.15, 0.2) is 0 Å². The van der Waals surface area contributed by atoms with E-state index < -0.39 is 35.6 Å². The lowest BCUT2D eigenvalue weighted by Gasteiger charge is -2.25. The molecule has 1 fully saturated rings. The van der Waals surface area contributed by atoms with Crippen LogP contribution in [0.5, 0.6) is 5.75 Å². The number of halogens is 3. The van der Waals surface area contributed by atoms with Gasteiger partial charge >= 0.3 is 18.4 Å². The molecule has 1 aromatic carbocycles. The number of carboxylic acid groups (broad SMARTS) is 1. The summed E-state index contributed by atoms with van der Waals surface area (Å²) in [7, 11) is 0. The normalized spacial score (nSPS) is 16.1. The predicted molar refractivity (Wildman–Crippen MR) is 156 cm³/mol. The maximum absolute atomic E-state index is 14.0. The van der Waals surface area contributed by atoms with Gasteiger partial charge in [-0.15, -0.1) is 4.99 Å². The summed E-state index contributed by atoms with van der Waals surface area (Å²) in [5.74, 6) is -0.709. The minimum Gasteiger partial charge on any atom is -0.489 e. The zero-order chi connectivity index (χ0) is 32.7. The molecule has 0 radical (unpaired) electrons. The van der Waals surface area contributed by atoms with Crippen LogP contribution >= 0.6 is 0 Å². The Kier molecular flexibility index (Phi) is 11.2. The first-order valence-corrected chi connectivity index (χ1v) is 14.1. The molecule has 14 heteroatoms. The van der Waals surface area contributed by atoms with Gasteiger partial charge in [-0.3, -0.25) is 5.32 Å². The van der Waals surface area contributed by atoms with Gasteiger partial charge in [-0.1, -0.05) is 22.4 Å². The minimum absolute atomic E-state index is 0.0178. The Labute approximate surface area is 253 Å². The van der Waals surface area contributed by atoms with Crippen LogP contribution in [0, 0.1) is 0 Å². The highest BCUT2D eigenvalue weighted by molar-refractivity contribution is 5.98. The van der Waals surface area contributed by atoms with Gasteiger partial charge in [0.1, 0.15) is 24.0 Å². The molecule has 11 nitrogen and oxygen atoms in total. The van der Waals surface area contributed by atoms with Crippen molar-refractivity contribution in [1.29, 1.82) is 0 Å². The molecule has 2 N–H and O–H groups in total. The van der Waals surface area contributed by atoms with Gasteiger partial charge in [-0.2, -0.15) is 18.2 Å². The quantitative estimate of drug-likeness (QED) is 0.174. The number of benzene rings is 1. The molecule has 2 aromatic rings. The van der Waals surface area contributed by atoms with Crippen LogP contribution in [0.2, 0.25) is 0 Å². The predicted octanol–water partition coefficient (Wildman–Crippen LogP) is 7.52. The lowest BCUT2D eigenvalue weighted by Crippen LogP contribution is -2.44. The van der Waals surface area contributed by atoms with Crippen molar-refractivity contribution in [3.05, 3.63) is 53.0 Å². The van der Waals surface area contributed by atoms with Crippen LogP contribution in [0.25, 0.3) is 11.4 Å². The molecule has 1 aliphatic rings. The average Bonchev–Trinajstić information content (AvgIpc) is 3.56. The molecule has 3 rings (SSSR count). The number of aliphatic imine (C=N–C) groups is 1. The van der Waals surface area contributed by atoms with E-state index >= 15 is 0 Å². The molecule has 0 aliphatic carbocycles. The van der Waals surface area contributed by atoms with Crippen molar-refractivity contribution in [2.45, 2.75) is 85.0 Å². The third-order valence-corrected chi connectivity index (χ3v) is 6.37. The van der Waals surface area contributed by atoms with Crippen molar-refractivity contribution in [1.82, 2.24) is 20.4 Å². The van der Waals surface area contributed by atoms with Crippen LogP contribution in [-0.2, 0) is 10.9 Å². The molecule has 1 atom stereocenters. The second kappa shape index (κ2) is 14.4. The summed E-state index contributed by atoms with van der Waals surface area (Å²) in [6.45, 7) is 11.1. The van der Waals surface area contributed by atoms with E-state index in [9.17, 15) is 27.9 Å². The van der Waals surface area contributed by atoms with E-state index in [2.05, 4.69) is 26.5 Å². The lowest BCUT2D eigenvalue weighted by molar-refractivity contribution is -0.138. The number of ether oxygens (including phenoxy) is 2. The summed E-state index contributed by atoms with van der Waals surface area (Å²) in [5.41, 5.74) is 0.397. The van der Waals surface area contributed by atoms with Crippen LogP contribution in [0.4, 0.5) is 22.8 Å². The van der Waals surface area contributed by atoms with E-state index in [4.69, 9.17) is 14.0 Å². The molecular formula is C30H38F3N5O6. The molecule has 2 heterocycles. The van der Waals surface area contributed by atoms with Gasteiger partial charge in [0.2, 0.25) is 17.7 Å². The first-order valence-electron chi connectivity index (χ1n) is 14.1. The number of hydrogen-bond acceptors (Lipinski definition) is 7. The van der Waals surface area contributed by atoms with Gasteiger partial charge in [0.25, 0.3) is 0 Å². The standard InChI is InChI=1S/C30H38F3N5O6/c1-18(2)9-7-10-19(3)14-16-42-23-13-12-20(17-21(23)30(31,32)33)24-34-25(44-37-24)22-11-8-15-38(22)26(35-27(39)40)36-28(41)43-29(4,5)6/h9,12-14,17,22H,7-8,10-11,15-16H2,1-6H3,(H,39,40)(H,35,36,41)/t22-/m0/s1.